The SMILES string of the molecule is COc1ccc(CN2C(=O)CCN(c3cncc4ccccc34)C2=O)cc1. The van der Waals surface area contributed by atoms with E-state index < -0.39 is 0 Å². The van der Waals surface area contributed by atoms with E-state index in [0.29, 0.717) is 6.54 Å². The first-order chi connectivity index (χ1) is 13.2. The second-order valence-electron chi connectivity index (χ2n) is 6.39. The molecule has 0 aliphatic carbocycles. The average Bonchev–Trinajstić information content (AvgIpc) is 2.71. The molecule has 1 aliphatic rings. The lowest BCUT2D eigenvalue weighted by Crippen LogP contribution is -2.52. The number of hydrogen-bond donors (Lipinski definition) is 0. The van der Waals surface area contributed by atoms with Gasteiger partial charge in [0.15, 0.2) is 0 Å². The van der Waals surface area contributed by atoms with Crippen LogP contribution in [0, 0.1) is 0 Å². The number of ether oxygens (including phenoxy) is 1. The Bertz CT molecular complexity index is 996. The predicted octanol–water partition coefficient (Wildman–Crippen LogP) is 3.60. The first-order valence-electron chi connectivity index (χ1n) is 8.75. The van der Waals surface area contributed by atoms with Crippen LogP contribution in [0.1, 0.15) is 12.0 Å². The Hall–Kier alpha value is -3.41. The summed E-state index contributed by atoms with van der Waals surface area (Å²) < 4.78 is 5.15. The first kappa shape index (κ1) is 17.0. The zero-order valence-electron chi connectivity index (χ0n) is 15.0. The fourth-order valence-electron chi connectivity index (χ4n) is 3.30. The molecule has 6 nitrogen and oxygen atoms in total. The third-order valence-corrected chi connectivity index (χ3v) is 4.75. The number of benzene rings is 2. The summed E-state index contributed by atoms with van der Waals surface area (Å²) in [6.45, 7) is 0.586. The molecule has 0 atom stereocenters. The van der Waals surface area contributed by atoms with Crippen molar-refractivity contribution in [2.75, 3.05) is 18.6 Å². The highest BCUT2D eigenvalue weighted by Crippen LogP contribution is 2.29. The largest absolute Gasteiger partial charge is 0.497 e. The van der Waals surface area contributed by atoms with Crippen molar-refractivity contribution in [3.8, 4) is 5.75 Å². The van der Waals surface area contributed by atoms with Gasteiger partial charge in [-0.25, -0.2) is 4.79 Å². The van der Waals surface area contributed by atoms with Crippen molar-refractivity contribution in [3.63, 3.8) is 0 Å². The van der Waals surface area contributed by atoms with Gasteiger partial charge in [0, 0.05) is 29.9 Å². The highest BCUT2D eigenvalue weighted by Gasteiger charge is 2.33. The maximum absolute atomic E-state index is 13.1. The monoisotopic (exact) mass is 361 g/mol. The molecule has 0 spiro atoms. The Labute approximate surface area is 157 Å². The van der Waals surface area contributed by atoms with Gasteiger partial charge in [-0.05, 0) is 17.7 Å². The number of methoxy groups -OCH3 is 1. The van der Waals surface area contributed by atoms with Gasteiger partial charge in [0.1, 0.15) is 5.75 Å². The Morgan fingerprint density at radius 3 is 2.59 bits per heavy atom. The van der Waals surface area contributed by atoms with Gasteiger partial charge in [-0.1, -0.05) is 36.4 Å². The van der Waals surface area contributed by atoms with Gasteiger partial charge in [0.05, 0.1) is 25.5 Å². The van der Waals surface area contributed by atoms with Crippen molar-refractivity contribution < 1.29 is 14.3 Å². The van der Waals surface area contributed by atoms with Gasteiger partial charge in [-0.2, -0.15) is 0 Å². The van der Waals surface area contributed by atoms with E-state index in [0.717, 1.165) is 27.8 Å². The maximum Gasteiger partial charge on any atom is 0.331 e. The summed E-state index contributed by atoms with van der Waals surface area (Å²) in [5.74, 6) is 0.568. The van der Waals surface area contributed by atoms with Crippen LogP contribution in [0.2, 0.25) is 0 Å². The molecule has 27 heavy (non-hydrogen) atoms. The molecule has 1 aromatic heterocycles. The molecule has 2 aromatic carbocycles. The van der Waals surface area contributed by atoms with E-state index in [1.54, 1.807) is 24.4 Å². The van der Waals surface area contributed by atoms with Crippen molar-refractivity contribution >= 4 is 28.4 Å². The smallest absolute Gasteiger partial charge is 0.331 e. The van der Waals surface area contributed by atoms with Crippen LogP contribution in [-0.4, -0.2) is 35.5 Å². The average molecular weight is 361 g/mol. The minimum atomic E-state index is -0.319. The molecule has 0 saturated carbocycles. The molecular weight excluding hydrogens is 342 g/mol. The van der Waals surface area contributed by atoms with E-state index in [1.807, 2.05) is 48.5 Å². The maximum atomic E-state index is 13.1. The molecule has 3 amide bonds. The molecule has 0 unspecified atom stereocenters. The Balaban J connectivity index is 1.64. The second-order valence-corrected chi connectivity index (χ2v) is 6.39. The van der Waals surface area contributed by atoms with E-state index in [-0.39, 0.29) is 24.9 Å². The molecule has 6 heteroatoms. The summed E-state index contributed by atoms with van der Waals surface area (Å²) in [6, 6.07) is 14.8. The zero-order chi connectivity index (χ0) is 18.8. The number of fused-ring (bicyclic) bond motifs is 1. The third-order valence-electron chi connectivity index (χ3n) is 4.75. The van der Waals surface area contributed by atoms with Crippen LogP contribution < -0.4 is 9.64 Å². The molecule has 1 aliphatic heterocycles. The highest BCUT2D eigenvalue weighted by atomic mass is 16.5. The van der Waals surface area contributed by atoms with Crippen LogP contribution in [-0.2, 0) is 11.3 Å². The fraction of sp³-hybridized carbons (Fsp3) is 0.190. The minimum Gasteiger partial charge on any atom is -0.497 e. The third kappa shape index (κ3) is 3.21. The Morgan fingerprint density at radius 1 is 1.04 bits per heavy atom. The number of nitrogens with zero attached hydrogens (tertiary/aromatic N) is 3. The van der Waals surface area contributed by atoms with E-state index in [4.69, 9.17) is 4.74 Å². The number of anilines is 1. The molecule has 2 heterocycles. The summed E-state index contributed by atoms with van der Waals surface area (Å²) in [4.78, 5) is 32.7. The van der Waals surface area contributed by atoms with Crippen LogP contribution in [0.4, 0.5) is 10.5 Å². The molecule has 4 rings (SSSR count). The lowest BCUT2D eigenvalue weighted by Gasteiger charge is -2.34. The lowest BCUT2D eigenvalue weighted by atomic mass is 10.1. The van der Waals surface area contributed by atoms with E-state index in [1.165, 1.54) is 4.90 Å². The predicted molar refractivity (Wildman–Crippen MR) is 103 cm³/mol. The molecule has 1 fully saturated rings. The standard InChI is InChI=1S/C21H19N3O3/c1-27-17-8-6-15(7-9-17)14-24-20(25)10-11-23(21(24)26)19-13-22-12-16-4-2-3-5-18(16)19/h2-9,12-13H,10-11,14H2,1H3. The lowest BCUT2D eigenvalue weighted by molar-refractivity contribution is -0.129. The van der Waals surface area contributed by atoms with E-state index in [2.05, 4.69) is 4.98 Å². The Kier molecular flexibility index (Phi) is 4.46. The molecular formula is C21H19N3O3. The second kappa shape index (κ2) is 7.07. The van der Waals surface area contributed by atoms with Crippen LogP contribution in [0.3, 0.4) is 0 Å². The van der Waals surface area contributed by atoms with Gasteiger partial charge in [-0.15, -0.1) is 0 Å². The fourth-order valence-corrected chi connectivity index (χ4v) is 3.30. The van der Waals surface area contributed by atoms with Crippen LogP contribution >= 0.6 is 0 Å². The molecule has 3 aromatic rings. The van der Waals surface area contributed by atoms with Crippen molar-refractivity contribution in [2.45, 2.75) is 13.0 Å². The number of pyridine rings is 1. The summed E-state index contributed by atoms with van der Waals surface area (Å²) >= 11 is 0. The van der Waals surface area contributed by atoms with Crippen molar-refractivity contribution in [3.05, 3.63) is 66.5 Å². The minimum absolute atomic E-state index is 0.166. The number of carbonyl (C=O) groups is 2. The molecule has 136 valence electrons. The van der Waals surface area contributed by atoms with Crippen LogP contribution in [0.25, 0.3) is 10.8 Å². The van der Waals surface area contributed by atoms with Gasteiger partial charge in [-0.3, -0.25) is 19.6 Å². The van der Waals surface area contributed by atoms with Crippen LogP contribution in [0.5, 0.6) is 5.75 Å². The summed E-state index contributed by atoms with van der Waals surface area (Å²) in [6.07, 6.45) is 3.74. The Morgan fingerprint density at radius 2 is 1.81 bits per heavy atom. The van der Waals surface area contributed by atoms with Crippen molar-refractivity contribution in [2.24, 2.45) is 0 Å². The van der Waals surface area contributed by atoms with Gasteiger partial charge in [0.25, 0.3) is 0 Å². The number of amides is 3. The van der Waals surface area contributed by atoms with Gasteiger partial charge in [0.2, 0.25) is 5.91 Å². The zero-order valence-corrected chi connectivity index (χ0v) is 15.0. The number of hydrogen-bond acceptors (Lipinski definition) is 4. The van der Waals surface area contributed by atoms with Gasteiger partial charge < -0.3 is 4.74 Å². The summed E-state index contributed by atoms with van der Waals surface area (Å²) in [5.41, 5.74) is 1.60. The van der Waals surface area contributed by atoms with Gasteiger partial charge >= 0.3 is 6.03 Å². The number of imide groups is 1. The number of aromatic nitrogens is 1. The molecule has 0 N–H and O–H groups in total. The summed E-state index contributed by atoms with van der Waals surface area (Å²) in [7, 11) is 1.60. The quantitative estimate of drug-likeness (QED) is 0.712. The van der Waals surface area contributed by atoms with Crippen molar-refractivity contribution in [1.29, 1.82) is 0 Å². The number of carbonyl (C=O) groups excluding carboxylic acids is 2. The number of rotatable bonds is 4. The number of urea groups is 1. The normalized spacial score (nSPS) is 14.7. The topological polar surface area (TPSA) is 62.7 Å². The molecule has 0 bridgehead atoms. The van der Waals surface area contributed by atoms with E-state index >= 15 is 0 Å². The first-order valence-corrected chi connectivity index (χ1v) is 8.75. The molecule has 1 saturated heterocycles. The van der Waals surface area contributed by atoms with Crippen molar-refractivity contribution in [1.82, 2.24) is 9.88 Å². The summed E-state index contributed by atoms with van der Waals surface area (Å²) in [5, 5.41) is 1.90. The van der Waals surface area contributed by atoms with Crippen LogP contribution in [0.15, 0.2) is 60.9 Å². The highest BCUT2D eigenvalue weighted by molar-refractivity contribution is 6.09. The molecule has 0 radical (unpaired) electrons. The van der Waals surface area contributed by atoms with E-state index in [9.17, 15) is 9.59 Å².